The second-order valence-corrected chi connectivity index (χ2v) is 9.47. The lowest BCUT2D eigenvalue weighted by molar-refractivity contribution is -0.225. The molecule has 0 aromatic rings. The van der Waals surface area contributed by atoms with Crippen molar-refractivity contribution in [3.05, 3.63) is 0 Å². The third-order valence-corrected chi connectivity index (χ3v) is 4.61. The number of hydrogen-bond acceptors (Lipinski definition) is 9. The largest absolute Gasteiger partial charge is 0.467 e. The van der Waals surface area contributed by atoms with Crippen LogP contribution in [0, 0.1) is 0 Å². The minimum atomic E-state index is -2.45. The Balaban J connectivity index is 2.58. The third-order valence-electron chi connectivity index (χ3n) is 4.61. The fourth-order valence-corrected chi connectivity index (χ4v) is 3.50. The Morgan fingerprint density at radius 3 is 1.97 bits per heavy atom. The Hall–Kier alpha value is -1.71. The molecule has 166 valence electrons. The fraction of sp³-hybridized carbons (Fsp3) is 0.850. The van der Waals surface area contributed by atoms with Crippen LogP contribution in [0.4, 0.5) is 0 Å². The number of ether oxygens (including phenoxy) is 5. The molecule has 2 rings (SSSR count). The predicted octanol–water partition coefficient (Wildman–Crippen LogP) is 1.63. The summed E-state index contributed by atoms with van der Waals surface area (Å²) in [6.07, 6.45) is -1.60. The first-order valence-corrected chi connectivity index (χ1v) is 9.76. The predicted molar refractivity (Wildman–Crippen MR) is 99.6 cm³/mol. The van der Waals surface area contributed by atoms with Gasteiger partial charge in [-0.15, -0.1) is 0 Å². The first-order valence-electron chi connectivity index (χ1n) is 9.76. The molecule has 0 bridgehead atoms. The molecule has 0 radical (unpaired) electrons. The number of rotatable bonds is 4. The van der Waals surface area contributed by atoms with Gasteiger partial charge in [0.2, 0.25) is 11.7 Å². The van der Waals surface area contributed by atoms with E-state index in [2.05, 4.69) is 4.74 Å². The van der Waals surface area contributed by atoms with Gasteiger partial charge in [-0.2, -0.15) is 0 Å². The summed E-state index contributed by atoms with van der Waals surface area (Å²) >= 11 is 0. The minimum absolute atomic E-state index is 0.394. The maximum absolute atomic E-state index is 13.3. The van der Waals surface area contributed by atoms with Gasteiger partial charge in [0.15, 0.2) is 11.9 Å². The second-order valence-electron chi connectivity index (χ2n) is 9.47. The van der Waals surface area contributed by atoms with E-state index in [0.717, 1.165) is 20.0 Å². The lowest BCUT2D eigenvalue weighted by atomic mass is 9.89. The molecule has 1 saturated heterocycles. The van der Waals surface area contributed by atoms with E-state index < -0.39 is 52.7 Å². The molecule has 0 aromatic heterocycles. The number of aliphatic hydroxyl groups excluding tert-OH is 1. The fourth-order valence-electron chi connectivity index (χ4n) is 3.50. The van der Waals surface area contributed by atoms with Crippen LogP contribution in [-0.2, 0) is 38.1 Å². The smallest absolute Gasteiger partial charge is 0.345 e. The lowest BCUT2D eigenvalue weighted by Crippen LogP contribution is -2.64. The van der Waals surface area contributed by atoms with Crippen LogP contribution in [0.15, 0.2) is 0 Å². The van der Waals surface area contributed by atoms with Gasteiger partial charge in [0, 0.05) is 12.8 Å². The average Bonchev–Trinajstić information content (AvgIpc) is 3.16. The molecule has 0 unspecified atom stereocenters. The Bertz CT molecular complexity index is 652. The lowest BCUT2D eigenvalue weighted by Gasteiger charge is -2.35. The summed E-state index contributed by atoms with van der Waals surface area (Å²) in [7, 11) is 1.05. The van der Waals surface area contributed by atoms with E-state index >= 15 is 0 Å². The van der Waals surface area contributed by atoms with Gasteiger partial charge in [-0.25, -0.2) is 14.4 Å². The molecule has 2 aliphatic rings. The molecule has 9 heteroatoms. The van der Waals surface area contributed by atoms with Crippen LogP contribution in [0.5, 0.6) is 0 Å². The summed E-state index contributed by atoms with van der Waals surface area (Å²) in [5.74, 6) is -4.48. The monoisotopic (exact) mass is 416 g/mol. The zero-order chi connectivity index (χ0) is 22.3. The van der Waals surface area contributed by atoms with Crippen LogP contribution in [0.3, 0.4) is 0 Å². The number of carbonyl (C=O) groups is 3. The Labute approximate surface area is 171 Å². The standard InChI is InChI=1S/C20H32O9/c1-17(2,3)27-15(23)13-20(12(21)14(22)25-7,16(24)28-18(4,5)6)29-19(26-13)10-8-9-11-19/h12-13,21H,8-11H2,1-7H3/t12-,13-,20-/m1/s1. The summed E-state index contributed by atoms with van der Waals surface area (Å²) in [4.78, 5) is 38.5. The highest BCUT2D eigenvalue weighted by Crippen LogP contribution is 2.49. The highest BCUT2D eigenvalue weighted by atomic mass is 16.8. The van der Waals surface area contributed by atoms with Crippen molar-refractivity contribution >= 4 is 17.9 Å². The van der Waals surface area contributed by atoms with E-state index in [9.17, 15) is 19.5 Å². The van der Waals surface area contributed by atoms with Crippen LogP contribution in [0.1, 0.15) is 67.2 Å². The molecule has 1 aliphatic heterocycles. The SMILES string of the molecule is COC(=O)[C@@H](O)[C@@]1(C(=O)OC(C)(C)C)OC2(CCCC2)O[C@@H]1C(=O)OC(C)(C)C. The van der Waals surface area contributed by atoms with Gasteiger partial charge >= 0.3 is 17.9 Å². The first kappa shape index (κ1) is 23.6. The molecule has 2 fully saturated rings. The van der Waals surface area contributed by atoms with E-state index in [1.807, 2.05) is 0 Å². The average molecular weight is 416 g/mol. The summed E-state index contributed by atoms with van der Waals surface area (Å²) in [5.41, 5.74) is -4.33. The number of aliphatic hydroxyl groups is 1. The number of esters is 3. The molecule has 0 aromatic carbocycles. The van der Waals surface area contributed by atoms with Gasteiger partial charge in [0.25, 0.3) is 0 Å². The second kappa shape index (κ2) is 7.85. The molecule has 1 saturated carbocycles. The highest BCUT2D eigenvalue weighted by Gasteiger charge is 2.71. The van der Waals surface area contributed by atoms with Crippen molar-refractivity contribution in [3.8, 4) is 0 Å². The van der Waals surface area contributed by atoms with Gasteiger partial charge in [-0.1, -0.05) is 0 Å². The van der Waals surface area contributed by atoms with E-state index in [4.69, 9.17) is 18.9 Å². The quantitative estimate of drug-likeness (QED) is 0.539. The summed E-state index contributed by atoms with van der Waals surface area (Å²) in [5, 5.41) is 10.8. The van der Waals surface area contributed by atoms with E-state index in [-0.39, 0.29) is 0 Å². The molecule has 1 aliphatic carbocycles. The van der Waals surface area contributed by atoms with E-state index in [0.29, 0.717) is 12.8 Å². The summed E-state index contributed by atoms with van der Waals surface area (Å²) in [6.45, 7) is 9.81. The first-order chi connectivity index (χ1) is 13.2. The summed E-state index contributed by atoms with van der Waals surface area (Å²) in [6, 6.07) is 0. The molecule has 1 N–H and O–H groups in total. The maximum Gasteiger partial charge on any atom is 0.345 e. The molecule has 29 heavy (non-hydrogen) atoms. The van der Waals surface area contributed by atoms with Crippen LogP contribution in [-0.4, -0.2) is 64.9 Å². The van der Waals surface area contributed by atoms with Gasteiger partial charge < -0.3 is 28.8 Å². The Morgan fingerprint density at radius 2 is 1.52 bits per heavy atom. The molecule has 1 heterocycles. The van der Waals surface area contributed by atoms with Crippen molar-refractivity contribution in [2.75, 3.05) is 7.11 Å². The molecule has 9 nitrogen and oxygen atoms in total. The van der Waals surface area contributed by atoms with Crippen LogP contribution >= 0.6 is 0 Å². The number of carbonyl (C=O) groups excluding carboxylic acids is 3. The zero-order valence-corrected chi connectivity index (χ0v) is 18.2. The molecular formula is C20H32O9. The van der Waals surface area contributed by atoms with Crippen molar-refractivity contribution < 1.29 is 43.2 Å². The topological polar surface area (TPSA) is 118 Å². The number of methoxy groups -OCH3 is 1. The van der Waals surface area contributed by atoms with Crippen LogP contribution in [0.2, 0.25) is 0 Å². The third kappa shape index (κ3) is 4.90. The molecular weight excluding hydrogens is 384 g/mol. The normalized spacial score (nSPS) is 27.5. The molecule has 3 atom stereocenters. The van der Waals surface area contributed by atoms with Crippen LogP contribution in [0.25, 0.3) is 0 Å². The highest BCUT2D eigenvalue weighted by molar-refractivity contribution is 5.96. The van der Waals surface area contributed by atoms with Crippen molar-refractivity contribution in [2.45, 2.75) is 102 Å². The van der Waals surface area contributed by atoms with Crippen molar-refractivity contribution in [2.24, 2.45) is 0 Å². The van der Waals surface area contributed by atoms with Crippen molar-refractivity contribution in [1.82, 2.24) is 0 Å². The van der Waals surface area contributed by atoms with Gasteiger partial charge in [-0.05, 0) is 54.4 Å². The Morgan fingerprint density at radius 1 is 1.00 bits per heavy atom. The number of hydrogen-bond donors (Lipinski definition) is 1. The van der Waals surface area contributed by atoms with E-state index in [1.54, 1.807) is 41.5 Å². The van der Waals surface area contributed by atoms with Gasteiger partial charge in [0.1, 0.15) is 11.2 Å². The molecule has 1 spiro atoms. The minimum Gasteiger partial charge on any atom is -0.467 e. The van der Waals surface area contributed by atoms with Crippen molar-refractivity contribution in [1.29, 1.82) is 0 Å². The maximum atomic E-state index is 13.3. The van der Waals surface area contributed by atoms with Gasteiger partial charge in [-0.3, -0.25) is 0 Å². The zero-order valence-electron chi connectivity index (χ0n) is 18.2. The van der Waals surface area contributed by atoms with E-state index in [1.165, 1.54) is 0 Å². The van der Waals surface area contributed by atoms with Crippen LogP contribution < -0.4 is 0 Å². The molecule has 0 amide bonds. The van der Waals surface area contributed by atoms with Crippen molar-refractivity contribution in [3.63, 3.8) is 0 Å². The summed E-state index contributed by atoms with van der Waals surface area (Å²) < 4.78 is 27.4. The Kier molecular flexibility index (Phi) is 6.38. The van der Waals surface area contributed by atoms with Gasteiger partial charge in [0.05, 0.1) is 7.11 Å².